The molecule has 0 saturated heterocycles. The fourth-order valence-corrected chi connectivity index (χ4v) is 4.79. The molecular weight excluding hydrogens is 354 g/mol. The van der Waals surface area contributed by atoms with E-state index in [1.165, 1.54) is 28.2 Å². The van der Waals surface area contributed by atoms with E-state index in [0.29, 0.717) is 10.7 Å². The van der Waals surface area contributed by atoms with Crippen molar-refractivity contribution in [3.8, 4) is 11.1 Å². The quantitative estimate of drug-likeness (QED) is 0.580. The van der Waals surface area contributed by atoms with Gasteiger partial charge in [0.15, 0.2) is 0 Å². The molecule has 0 spiro atoms. The van der Waals surface area contributed by atoms with Crippen LogP contribution < -0.4 is 16.1 Å². The van der Waals surface area contributed by atoms with Crippen molar-refractivity contribution in [1.82, 2.24) is 15.0 Å². The smallest absolute Gasteiger partial charge is 0.257 e. The van der Waals surface area contributed by atoms with Gasteiger partial charge in [0, 0.05) is 38.3 Å². The molecule has 0 bridgehead atoms. The molecule has 4 nitrogen and oxygen atoms in total. The highest BCUT2D eigenvalue weighted by Gasteiger charge is 2.25. The average Bonchev–Trinajstić information content (AvgIpc) is 3.39. The maximum absolute atomic E-state index is 12.6. The van der Waals surface area contributed by atoms with Crippen molar-refractivity contribution in [1.29, 1.82) is 0 Å². The van der Waals surface area contributed by atoms with Crippen LogP contribution in [0.4, 0.5) is 0 Å². The van der Waals surface area contributed by atoms with Gasteiger partial charge in [0.2, 0.25) is 0 Å². The van der Waals surface area contributed by atoms with Crippen LogP contribution in [0.3, 0.4) is 0 Å². The molecule has 2 aromatic rings. The van der Waals surface area contributed by atoms with Gasteiger partial charge in [-0.25, -0.2) is 0 Å². The molecule has 0 aromatic carbocycles. The topological polar surface area (TPSA) is 61.5 Å². The Bertz CT molecular complexity index is 1370. The second kappa shape index (κ2) is 6.06. The second-order valence-electron chi connectivity index (χ2n) is 7.17. The summed E-state index contributed by atoms with van der Waals surface area (Å²) in [6.45, 7) is 6.23. The lowest BCUT2D eigenvalue weighted by atomic mass is 10.1. The van der Waals surface area contributed by atoms with Crippen molar-refractivity contribution in [2.45, 2.75) is 25.7 Å². The fourth-order valence-electron chi connectivity index (χ4n) is 3.50. The zero-order valence-electron chi connectivity index (χ0n) is 15.0. The van der Waals surface area contributed by atoms with Gasteiger partial charge in [-0.2, -0.15) is 0 Å². The average molecular weight is 373 g/mol. The highest BCUT2D eigenvalue weighted by molar-refractivity contribution is 7.13. The summed E-state index contributed by atoms with van der Waals surface area (Å²) >= 11 is 1.81. The molecule has 1 fully saturated rings. The molecule has 0 radical (unpaired) electrons. The summed E-state index contributed by atoms with van der Waals surface area (Å²) in [7, 11) is 0. The molecule has 0 unspecified atom stereocenters. The Balaban J connectivity index is 1.76. The number of nitrogens with zero attached hydrogens (tertiary/aromatic N) is 1. The molecule has 3 aliphatic rings. The molecule has 134 valence electrons. The fraction of sp³-hybridized carbons (Fsp3) is 0.182. The minimum Gasteiger partial charge on any atom is -0.341 e. The molecule has 0 amide bonds. The van der Waals surface area contributed by atoms with Gasteiger partial charge in [-0.3, -0.25) is 9.78 Å². The number of aromatic amines is 2. The van der Waals surface area contributed by atoms with Crippen molar-refractivity contribution in [3.05, 3.63) is 83.6 Å². The Hall–Kier alpha value is -2.92. The number of hydrogen-bond acceptors (Lipinski definition) is 3. The summed E-state index contributed by atoms with van der Waals surface area (Å²) in [4.78, 5) is 25.5. The number of rotatable bonds is 3. The van der Waals surface area contributed by atoms with Crippen LogP contribution in [0.2, 0.25) is 0 Å². The van der Waals surface area contributed by atoms with E-state index in [2.05, 4.69) is 34.5 Å². The first kappa shape index (κ1) is 16.3. The van der Waals surface area contributed by atoms with Crippen LogP contribution in [0.5, 0.6) is 0 Å². The van der Waals surface area contributed by atoms with E-state index in [1.54, 1.807) is 12.4 Å². The molecule has 5 rings (SSSR count). The SMILES string of the molecule is C=c1[nH]c2[nH]c(=O)c(=Cc3sc(C4CC4)cc3C)c=2cc1-c1ccncc1. The first-order valence-electron chi connectivity index (χ1n) is 9.06. The lowest BCUT2D eigenvalue weighted by Crippen LogP contribution is -2.22. The third-order valence-electron chi connectivity index (χ3n) is 5.15. The standard InChI is InChI=1S/C22H19N3OS/c1-12-9-20(15-3-4-15)27-19(12)11-18-17-10-16(14-5-7-23-8-6-14)13(2)24-21(17)25-22(18)26/h5-11,15,24H,2-4H2,1H3,(H,25,26). The van der Waals surface area contributed by atoms with E-state index < -0.39 is 0 Å². The summed E-state index contributed by atoms with van der Waals surface area (Å²) in [6, 6.07) is 8.21. The van der Waals surface area contributed by atoms with E-state index in [9.17, 15) is 4.79 Å². The lowest BCUT2D eigenvalue weighted by molar-refractivity contribution is 1.08. The van der Waals surface area contributed by atoms with Crippen LogP contribution in [0.25, 0.3) is 23.8 Å². The summed E-state index contributed by atoms with van der Waals surface area (Å²) in [5.74, 6) is 0.728. The maximum Gasteiger partial charge on any atom is 0.257 e. The molecular formula is C22H19N3OS. The Morgan fingerprint density at radius 1 is 1.22 bits per heavy atom. The van der Waals surface area contributed by atoms with Crippen LogP contribution in [0, 0.1) is 17.6 Å². The van der Waals surface area contributed by atoms with Crippen molar-refractivity contribution < 1.29 is 0 Å². The number of aromatic nitrogens is 3. The van der Waals surface area contributed by atoms with E-state index >= 15 is 0 Å². The molecule has 2 aliphatic heterocycles. The molecule has 2 aromatic heterocycles. The number of aryl methyl sites for hydroxylation is 1. The second-order valence-corrected chi connectivity index (χ2v) is 8.28. The van der Waals surface area contributed by atoms with E-state index in [0.717, 1.165) is 27.6 Å². The first-order chi connectivity index (χ1) is 13.1. The van der Waals surface area contributed by atoms with Crippen molar-refractivity contribution in [2.24, 2.45) is 0 Å². The molecule has 2 N–H and O–H groups in total. The minimum absolute atomic E-state index is 0.0756. The highest BCUT2D eigenvalue weighted by atomic mass is 32.1. The van der Waals surface area contributed by atoms with Gasteiger partial charge >= 0.3 is 0 Å². The molecule has 5 heteroatoms. The molecule has 0 atom stereocenters. The van der Waals surface area contributed by atoms with Gasteiger partial charge in [0.25, 0.3) is 5.56 Å². The highest BCUT2D eigenvalue weighted by Crippen LogP contribution is 2.44. The van der Waals surface area contributed by atoms with Crippen LogP contribution >= 0.6 is 11.3 Å². The van der Waals surface area contributed by atoms with Crippen molar-refractivity contribution in [2.75, 3.05) is 0 Å². The van der Waals surface area contributed by atoms with Gasteiger partial charge in [0.1, 0.15) is 5.48 Å². The van der Waals surface area contributed by atoms with Gasteiger partial charge in [-0.1, -0.05) is 6.58 Å². The molecule has 1 aliphatic carbocycles. The predicted octanol–water partition coefficient (Wildman–Crippen LogP) is 2.98. The Morgan fingerprint density at radius 2 is 2.00 bits per heavy atom. The third kappa shape index (κ3) is 2.84. The largest absolute Gasteiger partial charge is 0.341 e. The van der Waals surface area contributed by atoms with Gasteiger partial charge in [-0.05, 0) is 67.2 Å². The molecule has 27 heavy (non-hydrogen) atoms. The van der Waals surface area contributed by atoms with Gasteiger partial charge in [0.05, 0.1) is 5.22 Å². The van der Waals surface area contributed by atoms with E-state index in [1.807, 2.05) is 35.6 Å². The van der Waals surface area contributed by atoms with Crippen LogP contribution in [0.15, 0.2) is 41.5 Å². The normalized spacial score (nSPS) is 14.9. The van der Waals surface area contributed by atoms with Gasteiger partial charge in [-0.15, -0.1) is 11.3 Å². The lowest BCUT2D eigenvalue weighted by Gasteiger charge is -2.02. The number of nitrogens with one attached hydrogen (secondary N) is 2. The zero-order valence-corrected chi connectivity index (χ0v) is 15.8. The predicted molar refractivity (Wildman–Crippen MR) is 109 cm³/mol. The first-order valence-corrected chi connectivity index (χ1v) is 9.88. The number of H-pyrrole nitrogens is 2. The summed E-state index contributed by atoms with van der Waals surface area (Å²) < 4.78 is 0. The van der Waals surface area contributed by atoms with Crippen molar-refractivity contribution >= 4 is 24.0 Å². The monoisotopic (exact) mass is 373 g/mol. The van der Waals surface area contributed by atoms with Crippen LogP contribution in [-0.2, 0) is 0 Å². The Morgan fingerprint density at radius 3 is 2.74 bits per heavy atom. The van der Waals surface area contributed by atoms with Gasteiger partial charge < -0.3 is 9.97 Å². The maximum atomic E-state index is 12.6. The molecule has 4 heterocycles. The number of hydrogen-bond donors (Lipinski definition) is 2. The third-order valence-corrected chi connectivity index (χ3v) is 6.50. The van der Waals surface area contributed by atoms with E-state index in [4.69, 9.17) is 0 Å². The Labute approximate surface area is 159 Å². The number of pyridine rings is 1. The summed E-state index contributed by atoms with van der Waals surface area (Å²) in [6.07, 6.45) is 8.12. The summed E-state index contributed by atoms with van der Waals surface area (Å²) in [5.41, 5.74) is 3.87. The summed E-state index contributed by atoms with van der Waals surface area (Å²) in [5, 5.41) is 2.36. The zero-order chi connectivity index (χ0) is 18.5. The van der Waals surface area contributed by atoms with Crippen molar-refractivity contribution in [3.63, 3.8) is 0 Å². The van der Waals surface area contributed by atoms with Crippen LogP contribution in [-0.4, -0.2) is 15.0 Å². The number of thiophene rings is 1. The van der Waals surface area contributed by atoms with Crippen LogP contribution in [0.1, 0.15) is 34.1 Å². The minimum atomic E-state index is -0.0756. The Kier molecular flexibility index (Phi) is 3.65. The van der Waals surface area contributed by atoms with E-state index in [-0.39, 0.29) is 5.56 Å². The molecule has 1 saturated carbocycles.